The smallest absolute Gasteiger partial charge is 0.377 e. The van der Waals surface area contributed by atoms with Gasteiger partial charge in [-0.3, -0.25) is 0 Å². The lowest BCUT2D eigenvalue weighted by Gasteiger charge is -2.40. The van der Waals surface area contributed by atoms with Gasteiger partial charge in [-0.1, -0.05) is 65.2 Å². The summed E-state index contributed by atoms with van der Waals surface area (Å²) in [5.41, 5.74) is -0.301. The van der Waals surface area contributed by atoms with Gasteiger partial charge in [0, 0.05) is 12.1 Å². The Bertz CT molecular complexity index is 337. The highest BCUT2D eigenvalue weighted by molar-refractivity contribution is 7.32. The number of carbonyl (C=O) groups is 1. The maximum atomic E-state index is 12.2. The molecule has 0 aromatic carbocycles. The number of carbonyl (C=O) groups excluding carboxylic acids is 1. The van der Waals surface area contributed by atoms with E-state index < -0.39 is 14.3 Å². The zero-order valence-corrected chi connectivity index (χ0v) is 16.4. The predicted molar refractivity (Wildman–Crippen MR) is 96.0 cm³/mol. The maximum Gasteiger partial charge on any atom is 0.416 e. The van der Waals surface area contributed by atoms with Crippen molar-refractivity contribution in [3.05, 3.63) is 0 Å². The summed E-state index contributed by atoms with van der Waals surface area (Å²) < 4.78 is 15.5. The highest BCUT2D eigenvalue weighted by Gasteiger charge is 2.34. The fourth-order valence-corrected chi connectivity index (χ4v) is 3.38. The Hall–Kier alpha value is -0.540. The van der Waals surface area contributed by atoms with Crippen molar-refractivity contribution in [1.29, 1.82) is 0 Å². The predicted octanol–water partition coefficient (Wildman–Crippen LogP) is 5.53. The molecule has 0 rings (SSSR count). The molecule has 0 aromatic rings. The number of amides is 1. The van der Waals surface area contributed by atoms with E-state index in [1.807, 2.05) is 6.92 Å². The van der Waals surface area contributed by atoms with Crippen LogP contribution in [-0.2, 0) is 9.09 Å². The van der Waals surface area contributed by atoms with E-state index in [0.29, 0.717) is 6.54 Å². The fraction of sp³-hybridized carbons (Fsp3) is 0.941. The van der Waals surface area contributed by atoms with Crippen molar-refractivity contribution in [1.82, 2.24) is 4.90 Å². The van der Waals surface area contributed by atoms with Crippen LogP contribution in [0.4, 0.5) is 4.79 Å². The topological polar surface area (TPSA) is 66.8 Å². The summed E-state index contributed by atoms with van der Waals surface area (Å²) in [6.07, 6.45) is 10.4. The molecule has 0 saturated carbocycles. The quantitative estimate of drug-likeness (QED) is 0.351. The molecule has 0 radical (unpaired) electrons. The zero-order valence-electron chi connectivity index (χ0n) is 15.4. The van der Waals surface area contributed by atoms with E-state index >= 15 is 0 Å². The summed E-state index contributed by atoms with van der Waals surface area (Å²) >= 11 is 0. The summed E-state index contributed by atoms with van der Waals surface area (Å²) in [6.45, 7) is 8.83. The van der Waals surface area contributed by atoms with E-state index in [4.69, 9.17) is 4.89 Å². The van der Waals surface area contributed by atoms with Crippen molar-refractivity contribution in [2.75, 3.05) is 6.54 Å². The Morgan fingerprint density at radius 1 is 1.00 bits per heavy atom. The van der Waals surface area contributed by atoms with Gasteiger partial charge in [-0.25, -0.2) is 9.36 Å². The third kappa shape index (κ3) is 9.36. The van der Waals surface area contributed by atoms with Gasteiger partial charge in [-0.2, -0.15) is 0 Å². The Kier molecular flexibility index (Phi) is 12.5. The highest BCUT2D eigenvalue weighted by atomic mass is 31.1. The number of hydrogen-bond donors (Lipinski definition) is 1. The van der Waals surface area contributed by atoms with E-state index in [1.54, 1.807) is 4.90 Å². The minimum absolute atomic E-state index is 0.301. The summed E-state index contributed by atoms with van der Waals surface area (Å²) in [7, 11) is -3.25. The van der Waals surface area contributed by atoms with Crippen molar-refractivity contribution >= 4 is 14.3 Å². The van der Waals surface area contributed by atoms with Crippen LogP contribution in [0, 0.1) is 0 Å². The van der Waals surface area contributed by atoms with Crippen molar-refractivity contribution < 1.29 is 18.8 Å². The lowest BCUT2D eigenvalue weighted by molar-refractivity contribution is 0.0781. The van der Waals surface area contributed by atoms with Gasteiger partial charge in [0.25, 0.3) is 0 Å². The molecule has 0 aliphatic rings. The molecule has 0 fully saturated rings. The molecule has 6 heteroatoms. The lowest BCUT2D eigenvalue weighted by Crippen LogP contribution is -2.49. The van der Waals surface area contributed by atoms with Crippen LogP contribution in [0.25, 0.3) is 0 Å². The standard InChI is InChI=1S/C17H36NO4P/c1-5-8-10-12-14-17(4,15-13-11-9-6-2)18(7-3)16(19)22-23(20)21/h23H,5-15H2,1-4H3,(H,20,21). The normalized spacial score (nSPS) is 12.9. The van der Waals surface area contributed by atoms with E-state index in [0.717, 1.165) is 38.5 Å². The summed E-state index contributed by atoms with van der Waals surface area (Å²) in [6, 6.07) is 0. The molecule has 0 aliphatic carbocycles. The monoisotopic (exact) mass is 349 g/mol. The van der Waals surface area contributed by atoms with E-state index in [1.165, 1.54) is 25.7 Å². The summed E-state index contributed by atoms with van der Waals surface area (Å²) in [5.74, 6) is 0. The molecule has 5 nitrogen and oxygen atoms in total. The SMILES string of the molecule is CCCCCCC(C)(CCCCCC)N(CC)C(=O)O[PH](=O)O. The molecule has 0 aromatic heterocycles. The first-order valence-electron chi connectivity index (χ1n) is 9.13. The van der Waals surface area contributed by atoms with Crippen LogP contribution in [0.15, 0.2) is 0 Å². The van der Waals surface area contributed by atoms with Gasteiger partial charge < -0.3 is 14.3 Å². The van der Waals surface area contributed by atoms with Gasteiger partial charge in [0.05, 0.1) is 0 Å². The number of nitrogens with zero attached hydrogens (tertiary/aromatic N) is 1. The maximum absolute atomic E-state index is 12.2. The average Bonchev–Trinajstić information content (AvgIpc) is 2.48. The van der Waals surface area contributed by atoms with E-state index in [2.05, 4.69) is 25.3 Å². The zero-order chi connectivity index (χ0) is 17.7. The first-order valence-corrected chi connectivity index (χ1v) is 10.4. The lowest BCUT2D eigenvalue weighted by atomic mass is 9.86. The van der Waals surface area contributed by atoms with Crippen molar-refractivity contribution in [3.8, 4) is 0 Å². The van der Waals surface area contributed by atoms with Crippen LogP contribution < -0.4 is 0 Å². The molecule has 23 heavy (non-hydrogen) atoms. The Morgan fingerprint density at radius 2 is 1.48 bits per heavy atom. The van der Waals surface area contributed by atoms with Gasteiger partial charge in [-0.05, 0) is 26.7 Å². The molecular formula is C17H36NO4P. The first-order chi connectivity index (χ1) is 10.9. The molecule has 0 spiro atoms. The molecule has 0 heterocycles. The molecular weight excluding hydrogens is 313 g/mol. The minimum Gasteiger partial charge on any atom is -0.377 e. The van der Waals surface area contributed by atoms with E-state index in [9.17, 15) is 9.36 Å². The first kappa shape index (κ1) is 22.5. The van der Waals surface area contributed by atoms with Crippen LogP contribution in [0.2, 0.25) is 0 Å². The third-order valence-electron chi connectivity index (χ3n) is 4.50. The molecule has 0 saturated heterocycles. The van der Waals surface area contributed by atoms with Crippen LogP contribution in [-0.4, -0.2) is 28.0 Å². The highest BCUT2D eigenvalue weighted by Crippen LogP contribution is 2.31. The largest absolute Gasteiger partial charge is 0.416 e. The summed E-state index contributed by atoms with van der Waals surface area (Å²) in [4.78, 5) is 22.7. The fourth-order valence-electron chi connectivity index (χ4n) is 3.12. The van der Waals surface area contributed by atoms with Crippen LogP contribution in [0.5, 0.6) is 0 Å². The molecule has 1 amide bonds. The molecule has 0 bridgehead atoms. The summed E-state index contributed by atoms with van der Waals surface area (Å²) in [5, 5.41) is 0. The third-order valence-corrected chi connectivity index (χ3v) is 4.85. The Morgan fingerprint density at radius 3 is 1.83 bits per heavy atom. The second-order valence-electron chi connectivity index (χ2n) is 6.50. The molecule has 1 N–H and O–H groups in total. The number of unbranched alkanes of at least 4 members (excludes halogenated alkanes) is 6. The van der Waals surface area contributed by atoms with Crippen LogP contribution >= 0.6 is 8.25 Å². The molecule has 138 valence electrons. The van der Waals surface area contributed by atoms with Gasteiger partial charge >= 0.3 is 14.3 Å². The van der Waals surface area contributed by atoms with Crippen molar-refractivity contribution in [2.24, 2.45) is 0 Å². The average molecular weight is 349 g/mol. The van der Waals surface area contributed by atoms with Gasteiger partial charge in [0.2, 0.25) is 0 Å². The molecule has 1 atom stereocenters. The molecule has 0 aliphatic heterocycles. The van der Waals surface area contributed by atoms with Gasteiger partial charge in [0.1, 0.15) is 0 Å². The molecule has 1 unspecified atom stereocenters. The minimum atomic E-state index is -3.25. The van der Waals surface area contributed by atoms with Gasteiger partial charge in [0.15, 0.2) is 0 Å². The Balaban J connectivity index is 4.86. The second-order valence-corrected chi connectivity index (χ2v) is 7.23. The Labute approximate surface area is 142 Å². The van der Waals surface area contributed by atoms with Gasteiger partial charge in [-0.15, -0.1) is 0 Å². The van der Waals surface area contributed by atoms with Crippen molar-refractivity contribution in [3.63, 3.8) is 0 Å². The number of rotatable bonds is 13. The second kappa shape index (κ2) is 12.8. The number of hydrogen-bond acceptors (Lipinski definition) is 3. The van der Waals surface area contributed by atoms with Crippen LogP contribution in [0.1, 0.15) is 91.9 Å². The van der Waals surface area contributed by atoms with Crippen LogP contribution in [0.3, 0.4) is 0 Å². The van der Waals surface area contributed by atoms with E-state index in [-0.39, 0.29) is 5.54 Å². The van der Waals surface area contributed by atoms with Crippen molar-refractivity contribution in [2.45, 2.75) is 97.4 Å².